The van der Waals surface area contributed by atoms with Crippen LogP contribution >= 0.6 is 11.3 Å². The minimum absolute atomic E-state index is 0.0815. The van der Waals surface area contributed by atoms with Gasteiger partial charge in [0.2, 0.25) is 11.8 Å². The molecular weight excluding hydrogens is 290 g/mol. The van der Waals surface area contributed by atoms with E-state index in [1.165, 1.54) is 11.3 Å². The van der Waals surface area contributed by atoms with Gasteiger partial charge in [-0.05, 0) is 19.9 Å². The zero-order valence-corrected chi connectivity index (χ0v) is 12.7. The summed E-state index contributed by atoms with van der Waals surface area (Å²) in [5, 5.41) is 9.19. The zero-order valence-electron chi connectivity index (χ0n) is 11.9. The molecule has 0 aliphatic rings. The highest BCUT2D eigenvalue weighted by Gasteiger charge is 2.09. The topological polar surface area (TPSA) is 103 Å². The van der Waals surface area contributed by atoms with E-state index in [1.807, 2.05) is 19.9 Å². The van der Waals surface area contributed by atoms with Crippen LogP contribution in [0.1, 0.15) is 23.5 Å². The van der Waals surface area contributed by atoms with Crippen LogP contribution < -0.4 is 11.1 Å². The first-order valence-electron chi connectivity index (χ1n) is 6.47. The number of amides is 2. The molecule has 0 saturated heterocycles. The highest BCUT2D eigenvalue weighted by atomic mass is 32.1. The summed E-state index contributed by atoms with van der Waals surface area (Å²) in [6.45, 7) is 4.39. The van der Waals surface area contributed by atoms with Crippen LogP contribution in [0.3, 0.4) is 0 Å². The number of aromatic nitrogens is 3. The number of carbonyl (C=O) groups is 2. The molecule has 2 heterocycles. The second-order valence-corrected chi connectivity index (χ2v) is 5.59. The number of hydrogen-bond donors (Lipinski definition) is 2. The molecule has 0 bridgehead atoms. The SMILES string of the molecule is Cc1cc(C)n(CCC(=O)Nc2nc(CC(N)=O)cs2)n1. The first kappa shape index (κ1) is 15.2. The van der Waals surface area contributed by atoms with Gasteiger partial charge in [-0.1, -0.05) is 0 Å². The summed E-state index contributed by atoms with van der Waals surface area (Å²) < 4.78 is 1.80. The van der Waals surface area contributed by atoms with Crippen molar-refractivity contribution in [2.75, 3.05) is 5.32 Å². The predicted octanol–water partition coefficient (Wildman–Crippen LogP) is 1.01. The molecule has 21 heavy (non-hydrogen) atoms. The summed E-state index contributed by atoms with van der Waals surface area (Å²) in [5.41, 5.74) is 7.62. The Morgan fingerprint density at radius 3 is 2.81 bits per heavy atom. The van der Waals surface area contributed by atoms with E-state index in [1.54, 1.807) is 10.1 Å². The molecule has 0 aliphatic carbocycles. The van der Waals surface area contributed by atoms with Gasteiger partial charge in [0, 0.05) is 24.0 Å². The average molecular weight is 307 g/mol. The van der Waals surface area contributed by atoms with E-state index < -0.39 is 5.91 Å². The molecule has 0 spiro atoms. The van der Waals surface area contributed by atoms with Crippen molar-refractivity contribution >= 4 is 28.3 Å². The number of nitrogens with zero attached hydrogens (tertiary/aromatic N) is 3. The number of nitrogens with two attached hydrogens (primary N) is 1. The molecule has 3 N–H and O–H groups in total. The van der Waals surface area contributed by atoms with Crippen LogP contribution in [-0.4, -0.2) is 26.6 Å². The Morgan fingerprint density at radius 2 is 2.19 bits per heavy atom. The largest absolute Gasteiger partial charge is 0.369 e. The van der Waals surface area contributed by atoms with Gasteiger partial charge in [-0.3, -0.25) is 14.3 Å². The molecule has 0 aliphatic heterocycles. The van der Waals surface area contributed by atoms with E-state index >= 15 is 0 Å². The van der Waals surface area contributed by atoms with Crippen molar-refractivity contribution in [3.8, 4) is 0 Å². The van der Waals surface area contributed by atoms with E-state index in [0.29, 0.717) is 23.8 Å². The molecule has 2 aromatic heterocycles. The third kappa shape index (κ3) is 4.38. The Kier molecular flexibility index (Phi) is 4.69. The zero-order chi connectivity index (χ0) is 15.4. The van der Waals surface area contributed by atoms with Crippen LogP contribution in [0.5, 0.6) is 0 Å². The third-order valence-electron chi connectivity index (χ3n) is 2.81. The molecule has 2 amide bonds. The Balaban J connectivity index is 1.85. The average Bonchev–Trinajstić information content (AvgIpc) is 2.93. The van der Waals surface area contributed by atoms with Gasteiger partial charge in [0.15, 0.2) is 5.13 Å². The smallest absolute Gasteiger partial charge is 0.228 e. The van der Waals surface area contributed by atoms with Gasteiger partial charge in [-0.15, -0.1) is 11.3 Å². The van der Waals surface area contributed by atoms with Gasteiger partial charge in [-0.25, -0.2) is 4.98 Å². The second-order valence-electron chi connectivity index (χ2n) is 4.74. The maximum absolute atomic E-state index is 11.9. The summed E-state index contributed by atoms with van der Waals surface area (Å²) in [6, 6.07) is 1.97. The van der Waals surface area contributed by atoms with Crippen molar-refractivity contribution < 1.29 is 9.59 Å². The molecule has 0 saturated carbocycles. The van der Waals surface area contributed by atoms with E-state index in [2.05, 4.69) is 15.4 Å². The summed E-state index contributed by atoms with van der Waals surface area (Å²) in [6.07, 6.45) is 0.394. The van der Waals surface area contributed by atoms with Crippen molar-refractivity contribution in [1.82, 2.24) is 14.8 Å². The number of thiazole rings is 1. The van der Waals surface area contributed by atoms with Crippen molar-refractivity contribution in [2.24, 2.45) is 5.73 Å². The van der Waals surface area contributed by atoms with Gasteiger partial charge in [0.1, 0.15) is 0 Å². The number of anilines is 1. The van der Waals surface area contributed by atoms with E-state index in [0.717, 1.165) is 11.4 Å². The van der Waals surface area contributed by atoms with Crippen LogP contribution in [0.15, 0.2) is 11.4 Å². The highest BCUT2D eigenvalue weighted by Crippen LogP contribution is 2.16. The first-order valence-corrected chi connectivity index (χ1v) is 7.35. The van der Waals surface area contributed by atoms with E-state index in [9.17, 15) is 9.59 Å². The Bertz CT molecular complexity index is 661. The normalized spacial score (nSPS) is 10.6. The predicted molar refractivity (Wildman–Crippen MR) is 80.0 cm³/mol. The number of rotatable bonds is 6. The number of carbonyl (C=O) groups excluding carboxylic acids is 2. The minimum Gasteiger partial charge on any atom is -0.369 e. The van der Waals surface area contributed by atoms with Crippen molar-refractivity contribution in [1.29, 1.82) is 0 Å². The molecule has 8 heteroatoms. The maximum Gasteiger partial charge on any atom is 0.228 e. The van der Waals surface area contributed by atoms with Crippen LogP contribution in [0.25, 0.3) is 0 Å². The third-order valence-corrected chi connectivity index (χ3v) is 3.61. The molecule has 0 unspecified atom stereocenters. The van der Waals surface area contributed by atoms with Gasteiger partial charge < -0.3 is 11.1 Å². The molecule has 7 nitrogen and oxygen atoms in total. The highest BCUT2D eigenvalue weighted by molar-refractivity contribution is 7.13. The van der Waals surface area contributed by atoms with Crippen LogP contribution in [-0.2, 0) is 22.6 Å². The molecule has 0 atom stereocenters. The fourth-order valence-corrected chi connectivity index (χ4v) is 2.64. The molecule has 2 rings (SSSR count). The van der Waals surface area contributed by atoms with Crippen LogP contribution in [0.4, 0.5) is 5.13 Å². The number of primary amides is 1. The molecule has 112 valence electrons. The van der Waals surface area contributed by atoms with Crippen molar-refractivity contribution in [3.05, 3.63) is 28.5 Å². The van der Waals surface area contributed by atoms with E-state index in [-0.39, 0.29) is 12.3 Å². The van der Waals surface area contributed by atoms with Gasteiger partial charge in [-0.2, -0.15) is 5.10 Å². The monoisotopic (exact) mass is 307 g/mol. The first-order chi connectivity index (χ1) is 9.94. The fraction of sp³-hybridized carbons (Fsp3) is 0.385. The summed E-state index contributed by atoms with van der Waals surface area (Å²) >= 11 is 1.28. The van der Waals surface area contributed by atoms with Gasteiger partial charge >= 0.3 is 0 Å². The Morgan fingerprint density at radius 1 is 1.43 bits per heavy atom. The lowest BCUT2D eigenvalue weighted by Gasteiger charge is -2.04. The molecule has 2 aromatic rings. The van der Waals surface area contributed by atoms with Gasteiger partial charge in [0.25, 0.3) is 0 Å². The summed E-state index contributed by atoms with van der Waals surface area (Å²) in [7, 11) is 0. The standard InChI is InChI=1S/C13H17N5O2S/c1-8-5-9(2)18(17-8)4-3-12(20)16-13-15-10(7-21-13)6-11(14)19/h5,7H,3-4,6H2,1-2H3,(H2,14,19)(H,15,16,20). The molecular formula is C13H17N5O2S. The number of nitrogens with one attached hydrogen (secondary N) is 1. The Labute approximate surface area is 126 Å². The van der Waals surface area contributed by atoms with Gasteiger partial charge in [0.05, 0.1) is 17.8 Å². The fourth-order valence-electron chi connectivity index (χ4n) is 1.91. The molecule has 0 aromatic carbocycles. The van der Waals surface area contributed by atoms with Crippen molar-refractivity contribution in [3.63, 3.8) is 0 Å². The van der Waals surface area contributed by atoms with Crippen molar-refractivity contribution in [2.45, 2.75) is 33.2 Å². The van der Waals surface area contributed by atoms with Crippen LogP contribution in [0.2, 0.25) is 0 Å². The van der Waals surface area contributed by atoms with Crippen LogP contribution in [0, 0.1) is 13.8 Å². The lowest BCUT2D eigenvalue weighted by Crippen LogP contribution is -2.16. The maximum atomic E-state index is 11.9. The quantitative estimate of drug-likeness (QED) is 0.831. The number of hydrogen-bond acceptors (Lipinski definition) is 5. The summed E-state index contributed by atoms with van der Waals surface area (Å²) in [5.74, 6) is -0.578. The molecule has 0 fully saturated rings. The minimum atomic E-state index is -0.442. The lowest BCUT2D eigenvalue weighted by atomic mass is 10.3. The Hall–Kier alpha value is -2.22. The lowest BCUT2D eigenvalue weighted by molar-refractivity contribution is -0.117. The number of aryl methyl sites for hydroxylation is 3. The second kappa shape index (κ2) is 6.49. The molecule has 0 radical (unpaired) electrons. The van der Waals surface area contributed by atoms with E-state index in [4.69, 9.17) is 5.73 Å². The summed E-state index contributed by atoms with van der Waals surface area (Å²) in [4.78, 5) is 26.8.